The smallest absolute Gasteiger partial charge is 0.108 e. The van der Waals surface area contributed by atoms with E-state index in [0.29, 0.717) is 18.0 Å². The summed E-state index contributed by atoms with van der Waals surface area (Å²) in [5, 5.41) is 9.83. The van der Waals surface area contributed by atoms with Gasteiger partial charge in [0.25, 0.3) is 0 Å². The largest absolute Gasteiger partial charge is 0.379 e. The zero-order valence-corrected chi connectivity index (χ0v) is 21.5. The van der Waals surface area contributed by atoms with Crippen LogP contribution in [0.2, 0.25) is 0 Å². The summed E-state index contributed by atoms with van der Waals surface area (Å²) >= 11 is 0. The number of hydrogen-bond acceptors (Lipinski definition) is 6. The first-order chi connectivity index (χ1) is 18.2. The van der Waals surface area contributed by atoms with Crippen molar-refractivity contribution in [2.75, 3.05) is 26.3 Å². The molecular weight excluding hydrogens is 462 g/mol. The van der Waals surface area contributed by atoms with E-state index >= 15 is 0 Å². The molecule has 0 radical (unpaired) electrons. The maximum Gasteiger partial charge on any atom is 0.108 e. The number of aromatic nitrogens is 6. The van der Waals surface area contributed by atoms with E-state index in [-0.39, 0.29) is 0 Å². The summed E-state index contributed by atoms with van der Waals surface area (Å²) in [6.07, 6.45) is 8.05. The molecule has 9 rings (SSSR count). The van der Waals surface area contributed by atoms with Gasteiger partial charge in [-0.25, -0.2) is 0 Å². The van der Waals surface area contributed by atoms with E-state index in [9.17, 15) is 0 Å². The van der Waals surface area contributed by atoms with Gasteiger partial charge in [0.1, 0.15) is 5.52 Å². The fourth-order valence-corrected chi connectivity index (χ4v) is 7.71. The Hall–Kier alpha value is -3.10. The molecule has 2 bridgehead atoms. The summed E-state index contributed by atoms with van der Waals surface area (Å²) in [4.78, 5) is 11.9. The van der Waals surface area contributed by atoms with Gasteiger partial charge in [0.15, 0.2) is 0 Å². The average molecular weight is 496 g/mol. The molecule has 0 N–H and O–H groups in total. The van der Waals surface area contributed by atoms with Crippen molar-refractivity contribution in [2.24, 2.45) is 17.8 Å². The average Bonchev–Trinajstić information content (AvgIpc) is 3.39. The number of morpholine rings is 1. The quantitative estimate of drug-likeness (QED) is 0.387. The maximum absolute atomic E-state index is 5.64. The fraction of sp³-hybridized carbons (Fsp3) is 0.517. The minimum atomic E-state index is 0.357. The second kappa shape index (κ2) is 7.95. The molecule has 4 aromatic rings. The van der Waals surface area contributed by atoms with Crippen LogP contribution in [-0.4, -0.2) is 66.8 Å². The lowest BCUT2D eigenvalue weighted by Gasteiger charge is -2.32. The summed E-state index contributed by atoms with van der Waals surface area (Å²) in [6, 6.07) is 11.7. The standard InChI is InChI=1S/C29H33N7O/c1-3-18(2)36-26(29-21-13-25(28(29)27(21)29)34-8-10-37-11-9-34)14-22(33-36)19-12-24-23(31-15-19)16-32-35(24)17-20-6-4-5-7-30-20/h4-7,12,14-16,18,21,25,27-28H,3,8-11,13,17H2,1-2H3. The molecule has 8 nitrogen and oxygen atoms in total. The summed E-state index contributed by atoms with van der Waals surface area (Å²) in [6.45, 7) is 9.13. The van der Waals surface area contributed by atoms with Gasteiger partial charge in [-0.3, -0.25) is 24.2 Å². The molecular formula is C29H33N7O. The van der Waals surface area contributed by atoms with Crippen molar-refractivity contribution >= 4 is 11.0 Å². The number of rotatable bonds is 7. The number of pyridine rings is 2. The maximum atomic E-state index is 5.64. The van der Waals surface area contributed by atoms with Crippen LogP contribution in [0.5, 0.6) is 0 Å². The molecule has 8 heteroatoms. The zero-order valence-electron chi connectivity index (χ0n) is 21.5. The van der Waals surface area contributed by atoms with E-state index in [1.807, 2.05) is 41.5 Å². The van der Waals surface area contributed by atoms with Gasteiger partial charge >= 0.3 is 0 Å². The van der Waals surface area contributed by atoms with Gasteiger partial charge < -0.3 is 4.74 Å². The first-order valence-corrected chi connectivity index (χ1v) is 13.8. The normalized spacial score (nSPS) is 31.0. The molecule has 1 aliphatic heterocycles. The molecule has 6 atom stereocenters. The topological polar surface area (TPSA) is 73.9 Å². The highest BCUT2D eigenvalue weighted by molar-refractivity contribution is 5.79. The SMILES string of the molecule is CCC(C)n1nc(-c2cnc3cnn(Cc4ccccn4)c3c2)cc1C12C3CC(N4CCOCC4)C1C32. The molecule has 5 fully saturated rings. The monoisotopic (exact) mass is 495 g/mol. The fourth-order valence-electron chi connectivity index (χ4n) is 7.71. The lowest BCUT2D eigenvalue weighted by molar-refractivity contribution is 0.0150. The van der Waals surface area contributed by atoms with Crippen molar-refractivity contribution in [3.05, 3.63) is 60.3 Å². The van der Waals surface area contributed by atoms with E-state index in [1.54, 1.807) is 0 Å². The molecule has 190 valence electrons. The lowest BCUT2D eigenvalue weighted by atomic mass is 9.99. The first kappa shape index (κ1) is 21.9. The van der Waals surface area contributed by atoms with Gasteiger partial charge in [-0.2, -0.15) is 10.2 Å². The van der Waals surface area contributed by atoms with Gasteiger partial charge in [0, 0.05) is 54.2 Å². The third kappa shape index (κ3) is 3.09. The van der Waals surface area contributed by atoms with Gasteiger partial charge in [-0.05, 0) is 61.8 Å². The van der Waals surface area contributed by atoms with Crippen molar-refractivity contribution < 1.29 is 4.74 Å². The molecule has 1 saturated heterocycles. The second-order valence-corrected chi connectivity index (χ2v) is 11.4. The Morgan fingerprint density at radius 2 is 2.00 bits per heavy atom. The van der Waals surface area contributed by atoms with Crippen LogP contribution in [-0.2, 0) is 16.7 Å². The third-order valence-corrected chi connectivity index (χ3v) is 9.76. The first-order valence-electron chi connectivity index (χ1n) is 13.8. The van der Waals surface area contributed by atoms with Crippen molar-refractivity contribution in [1.29, 1.82) is 0 Å². The van der Waals surface area contributed by atoms with Crippen LogP contribution in [0.1, 0.15) is 44.1 Å². The van der Waals surface area contributed by atoms with Gasteiger partial charge in [-0.1, -0.05) is 13.0 Å². The van der Waals surface area contributed by atoms with E-state index in [1.165, 1.54) is 12.1 Å². The highest BCUT2D eigenvalue weighted by atomic mass is 16.5. The van der Waals surface area contributed by atoms with E-state index in [2.05, 4.69) is 45.6 Å². The molecule has 5 aliphatic rings. The number of hydrogen-bond donors (Lipinski definition) is 0. The molecule has 0 aromatic carbocycles. The van der Waals surface area contributed by atoms with Crippen LogP contribution in [0.25, 0.3) is 22.3 Å². The number of fused-ring (bicyclic) bond motifs is 2. The Morgan fingerprint density at radius 1 is 1.11 bits per heavy atom. The van der Waals surface area contributed by atoms with Crippen molar-refractivity contribution in [3.8, 4) is 11.3 Å². The Labute approximate surface area is 216 Å². The van der Waals surface area contributed by atoms with Crippen LogP contribution >= 0.6 is 0 Å². The van der Waals surface area contributed by atoms with Crippen LogP contribution in [0.3, 0.4) is 0 Å². The van der Waals surface area contributed by atoms with Crippen LogP contribution < -0.4 is 0 Å². The molecule has 6 unspecified atom stereocenters. The van der Waals surface area contributed by atoms with Gasteiger partial charge in [-0.15, -0.1) is 0 Å². The van der Waals surface area contributed by atoms with Crippen LogP contribution in [0.4, 0.5) is 0 Å². The Kier molecular flexibility index (Phi) is 4.71. The van der Waals surface area contributed by atoms with E-state index in [0.717, 1.165) is 84.5 Å². The predicted molar refractivity (Wildman–Crippen MR) is 140 cm³/mol. The molecule has 5 heterocycles. The number of ether oxygens (including phenoxy) is 1. The minimum absolute atomic E-state index is 0.357. The minimum Gasteiger partial charge on any atom is -0.379 e. The summed E-state index contributed by atoms with van der Waals surface area (Å²) in [7, 11) is 0. The molecule has 4 aliphatic carbocycles. The van der Waals surface area contributed by atoms with Crippen molar-refractivity contribution in [3.63, 3.8) is 0 Å². The highest BCUT2D eigenvalue weighted by Crippen LogP contribution is 2.91. The van der Waals surface area contributed by atoms with E-state index < -0.39 is 0 Å². The van der Waals surface area contributed by atoms with Crippen LogP contribution in [0.15, 0.2) is 48.9 Å². The third-order valence-electron chi connectivity index (χ3n) is 9.76. The Morgan fingerprint density at radius 3 is 2.78 bits per heavy atom. The second-order valence-electron chi connectivity index (χ2n) is 11.4. The number of nitrogens with zero attached hydrogens (tertiary/aromatic N) is 7. The Bertz CT molecular complexity index is 1470. The molecule has 37 heavy (non-hydrogen) atoms. The summed E-state index contributed by atoms with van der Waals surface area (Å²) in [5.74, 6) is 2.48. The summed E-state index contributed by atoms with van der Waals surface area (Å²) < 4.78 is 9.99. The Balaban J connectivity index is 1.14. The lowest BCUT2D eigenvalue weighted by Crippen LogP contribution is -2.43. The van der Waals surface area contributed by atoms with Crippen molar-refractivity contribution in [2.45, 2.75) is 50.7 Å². The van der Waals surface area contributed by atoms with Crippen LogP contribution in [0, 0.1) is 17.8 Å². The van der Waals surface area contributed by atoms with Gasteiger partial charge in [0.05, 0.1) is 42.9 Å². The zero-order chi connectivity index (χ0) is 24.7. The molecule has 4 aromatic heterocycles. The molecule has 4 saturated carbocycles. The van der Waals surface area contributed by atoms with Crippen molar-refractivity contribution in [1.82, 2.24) is 34.4 Å². The molecule has 0 amide bonds. The summed E-state index contributed by atoms with van der Waals surface area (Å²) in [5.41, 5.74) is 6.82. The highest BCUT2D eigenvalue weighted by Gasteiger charge is 2.93. The van der Waals surface area contributed by atoms with E-state index in [4.69, 9.17) is 14.8 Å². The predicted octanol–water partition coefficient (Wildman–Crippen LogP) is 3.93. The molecule has 0 spiro atoms. The van der Waals surface area contributed by atoms with Gasteiger partial charge in [0.2, 0.25) is 0 Å².